The molecular weight excluding hydrogens is 396 g/mol. The number of hydrogen-bond donors (Lipinski definition) is 1. The van der Waals surface area contributed by atoms with Crippen LogP contribution >= 0.6 is 11.8 Å². The standard InChI is InChI=1S/C22H24N6OS/c1-27-16-24-26-22(27)30-15-18-4-8-19(9-5-18)21(29)25-23-14-17-6-10-20(11-7-17)28-12-2-3-13-28/h4-11,14,16H,2-3,12-13,15H2,1H3,(H,25,29)/b23-14+. The van der Waals surface area contributed by atoms with Crippen molar-refractivity contribution in [3.8, 4) is 0 Å². The Morgan fingerprint density at radius 3 is 2.53 bits per heavy atom. The molecule has 1 saturated heterocycles. The van der Waals surface area contributed by atoms with Gasteiger partial charge in [0.1, 0.15) is 6.33 Å². The number of hydrogen-bond acceptors (Lipinski definition) is 6. The van der Waals surface area contributed by atoms with Crippen molar-refractivity contribution in [3.05, 3.63) is 71.5 Å². The van der Waals surface area contributed by atoms with Crippen molar-refractivity contribution < 1.29 is 4.79 Å². The zero-order chi connectivity index (χ0) is 20.8. The number of carbonyl (C=O) groups is 1. The van der Waals surface area contributed by atoms with E-state index in [0.29, 0.717) is 5.56 Å². The van der Waals surface area contributed by atoms with Crippen LogP contribution in [0.1, 0.15) is 34.3 Å². The molecule has 1 N–H and O–H groups in total. The van der Waals surface area contributed by atoms with Gasteiger partial charge in [0.25, 0.3) is 5.91 Å². The highest BCUT2D eigenvalue weighted by Crippen LogP contribution is 2.21. The smallest absolute Gasteiger partial charge is 0.271 e. The molecule has 0 aliphatic carbocycles. The molecule has 7 nitrogen and oxygen atoms in total. The lowest BCUT2D eigenvalue weighted by atomic mass is 10.1. The lowest BCUT2D eigenvalue weighted by molar-refractivity contribution is 0.0955. The highest BCUT2D eigenvalue weighted by atomic mass is 32.2. The number of nitrogens with zero attached hydrogens (tertiary/aromatic N) is 5. The summed E-state index contributed by atoms with van der Waals surface area (Å²) < 4.78 is 1.88. The monoisotopic (exact) mass is 420 g/mol. The Bertz CT molecular complexity index is 1010. The molecule has 1 aromatic heterocycles. The van der Waals surface area contributed by atoms with E-state index in [4.69, 9.17) is 0 Å². The second kappa shape index (κ2) is 9.58. The average Bonchev–Trinajstić information content (AvgIpc) is 3.45. The van der Waals surface area contributed by atoms with E-state index in [1.54, 1.807) is 24.3 Å². The van der Waals surface area contributed by atoms with Crippen molar-refractivity contribution in [1.29, 1.82) is 0 Å². The third kappa shape index (κ3) is 5.07. The molecule has 2 aromatic carbocycles. The highest BCUT2D eigenvalue weighted by molar-refractivity contribution is 7.98. The quantitative estimate of drug-likeness (QED) is 0.360. The minimum atomic E-state index is -0.229. The van der Waals surface area contributed by atoms with Gasteiger partial charge in [0.15, 0.2) is 5.16 Å². The fourth-order valence-electron chi connectivity index (χ4n) is 3.28. The van der Waals surface area contributed by atoms with Crippen LogP contribution < -0.4 is 10.3 Å². The van der Waals surface area contributed by atoms with E-state index in [1.807, 2.05) is 48.0 Å². The molecule has 0 atom stereocenters. The van der Waals surface area contributed by atoms with Crippen molar-refractivity contribution in [3.63, 3.8) is 0 Å². The number of aromatic nitrogens is 3. The van der Waals surface area contributed by atoms with Crippen LogP contribution in [0.4, 0.5) is 5.69 Å². The predicted octanol–water partition coefficient (Wildman–Crippen LogP) is 3.47. The summed E-state index contributed by atoms with van der Waals surface area (Å²) in [6.45, 7) is 2.25. The molecule has 1 fully saturated rings. The van der Waals surface area contributed by atoms with Crippen molar-refractivity contribution >= 4 is 29.6 Å². The zero-order valence-electron chi connectivity index (χ0n) is 16.9. The summed E-state index contributed by atoms with van der Waals surface area (Å²) in [7, 11) is 1.91. The number of benzene rings is 2. The van der Waals surface area contributed by atoms with Crippen molar-refractivity contribution in [1.82, 2.24) is 20.2 Å². The molecule has 1 aliphatic rings. The van der Waals surface area contributed by atoms with Gasteiger partial charge in [0.05, 0.1) is 6.21 Å². The average molecular weight is 421 g/mol. The van der Waals surface area contributed by atoms with Crippen LogP contribution in [-0.2, 0) is 12.8 Å². The van der Waals surface area contributed by atoms with Gasteiger partial charge in [0, 0.05) is 37.1 Å². The number of rotatable bonds is 7. The van der Waals surface area contributed by atoms with Gasteiger partial charge in [0.2, 0.25) is 0 Å². The summed E-state index contributed by atoms with van der Waals surface area (Å²) in [5.74, 6) is 0.535. The van der Waals surface area contributed by atoms with E-state index in [9.17, 15) is 4.79 Å². The predicted molar refractivity (Wildman–Crippen MR) is 120 cm³/mol. The molecule has 4 rings (SSSR count). The van der Waals surface area contributed by atoms with E-state index < -0.39 is 0 Å². The van der Waals surface area contributed by atoms with Gasteiger partial charge in [-0.1, -0.05) is 36.0 Å². The van der Waals surface area contributed by atoms with Crippen LogP contribution in [0.2, 0.25) is 0 Å². The third-order valence-electron chi connectivity index (χ3n) is 5.00. The summed E-state index contributed by atoms with van der Waals surface area (Å²) in [6, 6.07) is 15.8. The van der Waals surface area contributed by atoms with Crippen LogP contribution in [0, 0.1) is 0 Å². The lowest BCUT2D eigenvalue weighted by Gasteiger charge is -2.17. The molecule has 0 unspecified atom stereocenters. The van der Waals surface area contributed by atoms with E-state index >= 15 is 0 Å². The molecule has 0 spiro atoms. The number of thioether (sulfide) groups is 1. The third-order valence-corrected chi connectivity index (χ3v) is 6.10. The van der Waals surface area contributed by atoms with Crippen molar-refractivity contribution in [2.24, 2.45) is 12.1 Å². The molecule has 2 heterocycles. The summed E-state index contributed by atoms with van der Waals surface area (Å²) in [6.07, 6.45) is 5.86. The fraction of sp³-hybridized carbons (Fsp3) is 0.273. The maximum Gasteiger partial charge on any atom is 0.271 e. The lowest BCUT2D eigenvalue weighted by Crippen LogP contribution is -2.18. The van der Waals surface area contributed by atoms with Crippen LogP contribution in [0.5, 0.6) is 0 Å². The maximum absolute atomic E-state index is 12.3. The second-order valence-electron chi connectivity index (χ2n) is 7.19. The minimum Gasteiger partial charge on any atom is -0.372 e. The Kier molecular flexibility index (Phi) is 6.44. The number of carbonyl (C=O) groups excluding carboxylic acids is 1. The van der Waals surface area contributed by atoms with Gasteiger partial charge in [-0.3, -0.25) is 4.79 Å². The van der Waals surface area contributed by atoms with E-state index in [-0.39, 0.29) is 5.91 Å². The molecule has 1 aliphatic heterocycles. The van der Waals surface area contributed by atoms with Gasteiger partial charge in [-0.15, -0.1) is 10.2 Å². The topological polar surface area (TPSA) is 75.4 Å². The molecule has 1 amide bonds. The zero-order valence-corrected chi connectivity index (χ0v) is 17.7. The Balaban J connectivity index is 1.27. The van der Waals surface area contributed by atoms with E-state index in [1.165, 1.54) is 18.5 Å². The Morgan fingerprint density at radius 1 is 1.13 bits per heavy atom. The molecule has 30 heavy (non-hydrogen) atoms. The first kappa shape index (κ1) is 20.2. The molecular formula is C22H24N6OS. The molecule has 154 valence electrons. The number of nitrogens with one attached hydrogen (secondary N) is 1. The number of hydrazone groups is 1. The summed E-state index contributed by atoms with van der Waals surface area (Å²) in [5.41, 5.74) is 6.47. The van der Waals surface area contributed by atoms with Gasteiger partial charge in [-0.2, -0.15) is 5.10 Å². The Hall–Kier alpha value is -3.13. The number of amides is 1. The van der Waals surface area contributed by atoms with Gasteiger partial charge < -0.3 is 9.47 Å². The van der Waals surface area contributed by atoms with Crippen LogP contribution in [0.3, 0.4) is 0 Å². The normalized spacial score (nSPS) is 13.8. The first-order chi connectivity index (χ1) is 14.7. The van der Waals surface area contributed by atoms with Crippen LogP contribution in [0.25, 0.3) is 0 Å². The second-order valence-corrected chi connectivity index (χ2v) is 8.14. The first-order valence-corrected chi connectivity index (χ1v) is 10.9. The fourth-order valence-corrected chi connectivity index (χ4v) is 4.12. The molecule has 0 bridgehead atoms. The van der Waals surface area contributed by atoms with Gasteiger partial charge in [-0.05, 0) is 48.2 Å². The van der Waals surface area contributed by atoms with Crippen LogP contribution in [-0.4, -0.2) is 40.0 Å². The maximum atomic E-state index is 12.3. The first-order valence-electron chi connectivity index (χ1n) is 9.93. The Labute approximate surface area is 180 Å². The Morgan fingerprint density at radius 2 is 1.87 bits per heavy atom. The van der Waals surface area contributed by atoms with Crippen LogP contribution in [0.15, 0.2) is 65.1 Å². The highest BCUT2D eigenvalue weighted by Gasteiger charge is 2.11. The molecule has 8 heteroatoms. The molecule has 3 aromatic rings. The number of aryl methyl sites for hydroxylation is 1. The molecule has 0 saturated carbocycles. The number of anilines is 1. The SMILES string of the molecule is Cn1cnnc1SCc1ccc(C(=O)N/N=C/c2ccc(N3CCCC3)cc2)cc1. The summed E-state index contributed by atoms with van der Waals surface area (Å²) in [5, 5.41) is 12.9. The van der Waals surface area contributed by atoms with E-state index in [0.717, 1.165) is 35.1 Å². The van der Waals surface area contributed by atoms with Crippen molar-refractivity contribution in [2.75, 3.05) is 18.0 Å². The molecule has 0 radical (unpaired) electrons. The van der Waals surface area contributed by atoms with Crippen molar-refractivity contribution in [2.45, 2.75) is 23.8 Å². The van der Waals surface area contributed by atoms with Gasteiger partial charge in [-0.25, -0.2) is 5.43 Å². The van der Waals surface area contributed by atoms with Gasteiger partial charge >= 0.3 is 0 Å². The largest absolute Gasteiger partial charge is 0.372 e. The summed E-state index contributed by atoms with van der Waals surface area (Å²) in [4.78, 5) is 14.7. The minimum absolute atomic E-state index is 0.229. The van der Waals surface area contributed by atoms with E-state index in [2.05, 4.69) is 37.8 Å². The summed E-state index contributed by atoms with van der Waals surface area (Å²) >= 11 is 1.60.